The van der Waals surface area contributed by atoms with E-state index in [1.807, 2.05) is 36.4 Å². The summed E-state index contributed by atoms with van der Waals surface area (Å²) in [6.07, 6.45) is 3.43. The summed E-state index contributed by atoms with van der Waals surface area (Å²) in [6.45, 7) is 0.499. The van der Waals surface area contributed by atoms with Crippen molar-refractivity contribution >= 4 is 21.8 Å². The van der Waals surface area contributed by atoms with Gasteiger partial charge in [0.1, 0.15) is 0 Å². The van der Waals surface area contributed by atoms with E-state index in [0.29, 0.717) is 11.9 Å². The Morgan fingerprint density at radius 1 is 0.750 bits per heavy atom. The molecule has 2 heterocycles. The predicted molar refractivity (Wildman–Crippen MR) is 112 cm³/mol. The first-order valence-corrected chi connectivity index (χ1v) is 9.16. The minimum atomic E-state index is -0.0169. The Hall–Kier alpha value is -3.79. The number of hydrogen-bond acceptors (Lipinski definition) is 3. The van der Waals surface area contributed by atoms with E-state index in [0.717, 1.165) is 33.1 Å². The fourth-order valence-corrected chi connectivity index (χ4v) is 3.47. The van der Waals surface area contributed by atoms with Crippen LogP contribution in [0.25, 0.3) is 32.9 Å². The maximum atomic E-state index is 12.7. The minimum Gasteiger partial charge on any atom is -0.294 e. The summed E-state index contributed by atoms with van der Waals surface area (Å²) in [5.41, 5.74) is 5.05. The first-order valence-electron chi connectivity index (χ1n) is 9.16. The van der Waals surface area contributed by atoms with E-state index in [9.17, 15) is 4.79 Å². The molecule has 0 aliphatic rings. The molecule has 0 atom stereocenters. The number of hydrogen-bond donors (Lipinski definition) is 0. The van der Waals surface area contributed by atoms with Crippen molar-refractivity contribution in [3.8, 4) is 11.1 Å². The Morgan fingerprint density at radius 2 is 1.57 bits per heavy atom. The molecule has 0 bridgehead atoms. The summed E-state index contributed by atoms with van der Waals surface area (Å²) in [7, 11) is 0. The molecule has 5 rings (SSSR count). The van der Waals surface area contributed by atoms with Gasteiger partial charge >= 0.3 is 0 Å². The second-order valence-electron chi connectivity index (χ2n) is 6.80. The van der Waals surface area contributed by atoms with E-state index in [1.165, 1.54) is 0 Å². The van der Waals surface area contributed by atoms with E-state index >= 15 is 0 Å². The van der Waals surface area contributed by atoms with Gasteiger partial charge in [0.15, 0.2) is 0 Å². The summed E-state index contributed by atoms with van der Waals surface area (Å²) >= 11 is 0. The monoisotopic (exact) mass is 363 g/mol. The van der Waals surface area contributed by atoms with Crippen molar-refractivity contribution in [2.45, 2.75) is 6.54 Å². The second kappa shape index (κ2) is 6.74. The van der Waals surface area contributed by atoms with E-state index < -0.39 is 0 Å². The quantitative estimate of drug-likeness (QED) is 0.468. The molecule has 0 fully saturated rings. The van der Waals surface area contributed by atoms with Gasteiger partial charge in [0.2, 0.25) is 0 Å². The number of aromatic nitrogens is 3. The summed E-state index contributed by atoms with van der Waals surface area (Å²) in [5, 5.41) is 1.77. The van der Waals surface area contributed by atoms with Gasteiger partial charge in [0, 0.05) is 11.6 Å². The van der Waals surface area contributed by atoms with E-state index in [-0.39, 0.29) is 5.56 Å². The zero-order valence-electron chi connectivity index (χ0n) is 15.1. The van der Waals surface area contributed by atoms with Crippen LogP contribution in [0.1, 0.15) is 5.56 Å². The Labute approximate surface area is 161 Å². The number of rotatable bonds is 3. The molecule has 0 spiro atoms. The molecule has 0 saturated carbocycles. The average molecular weight is 363 g/mol. The van der Waals surface area contributed by atoms with Crippen LogP contribution in [0.15, 0.2) is 96.2 Å². The first kappa shape index (κ1) is 16.4. The zero-order chi connectivity index (χ0) is 18.9. The van der Waals surface area contributed by atoms with Crippen molar-refractivity contribution in [2.75, 3.05) is 0 Å². The normalized spacial score (nSPS) is 11.1. The van der Waals surface area contributed by atoms with Crippen molar-refractivity contribution < 1.29 is 0 Å². The third-order valence-electron chi connectivity index (χ3n) is 4.97. The van der Waals surface area contributed by atoms with Crippen molar-refractivity contribution in [1.29, 1.82) is 0 Å². The Bertz CT molecular complexity index is 1350. The smallest absolute Gasteiger partial charge is 0.261 e. The van der Waals surface area contributed by atoms with Crippen LogP contribution in [0, 0.1) is 0 Å². The fourth-order valence-electron chi connectivity index (χ4n) is 3.47. The largest absolute Gasteiger partial charge is 0.294 e. The lowest BCUT2D eigenvalue weighted by Gasteiger charge is -2.08. The van der Waals surface area contributed by atoms with Crippen molar-refractivity contribution in [2.24, 2.45) is 0 Å². The van der Waals surface area contributed by atoms with Crippen LogP contribution < -0.4 is 5.56 Å². The number of nitrogens with zero attached hydrogens (tertiary/aromatic N) is 3. The van der Waals surface area contributed by atoms with Crippen LogP contribution in [0.4, 0.5) is 0 Å². The van der Waals surface area contributed by atoms with Gasteiger partial charge in [-0.1, -0.05) is 48.5 Å². The van der Waals surface area contributed by atoms with Gasteiger partial charge < -0.3 is 0 Å². The Kier molecular flexibility index (Phi) is 3.95. The van der Waals surface area contributed by atoms with E-state index in [2.05, 4.69) is 52.4 Å². The highest BCUT2D eigenvalue weighted by Crippen LogP contribution is 2.24. The van der Waals surface area contributed by atoms with Crippen LogP contribution in [0.5, 0.6) is 0 Å². The number of benzene rings is 3. The van der Waals surface area contributed by atoms with Crippen molar-refractivity contribution in [1.82, 2.24) is 14.5 Å². The molecular formula is C24H17N3O. The maximum Gasteiger partial charge on any atom is 0.261 e. The average Bonchev–Trinajstić information content (AvgIpc) is 2.76. The number of para-hydroxylation sites is 1. The highest BCUT2D eigenvalue weighted by molar-refractivity contribution is 5.84. The summed E-state index contributed by atoms with van der Waals surface area (Å²) < 4.78 is 1.65. The molecule has 0 N–H and O–H groups in total. The third kappa shape index (κ3) is 2.95. The van der Waals surface area contributed by atoms with Crippen LogP contribution in [-0.2, 0) is 6.54 Å². The number of fused-ring (bicyclic) bond motifs is 2. The minimum absolute atomic E-state index is 0.0169. The van der Waals surface area contributed by atoms with Crippen LogP contribution in [-0.4, -0.2) is 14.5 Å². The van der Waals surface area contributed by atoms with E-state index in [1.54, 1.807) is 17.1 Å². The van der Waals surface area contributed by atoms with Crippen molar-refractivity contribution in [3.05, 3.63) is 107 Å². The molecule has 0 amide bonds. The molecule has 28 heavy (non-hydrogen) atoms. The molecule has 0 saturated heterocycles. The number of pyridine rings is 1. The molecule has 2 aromatic heterocycles. The molecule has 5 aromatic rings. The van der Waals surface area contributed by atoms with Crippen molar-refractivity contribution in [3.63, 3.8) is 0 Å². The molecule has 4 heteroatoms. The van der Waals surface area contributed by atoms with Gasteiger partial charge in [-0.2, -0.15) is 0 Å². The molecular weight excluding hydrogens is 346 g/mol. The van der Waals surface area contributed by atoms with Crippen LogP contribution in [0.2, 0.25) is 0 Å². The predicted octanol–water partition coefficient (Wildman–Crippen LogP) is 4.66. The lowest BCUT2D eigenvalue weighted by atomic mass is 10.0. The highest BCUT2D eigenvalue weighted by atomic mass is 16.1. The zero-order valence-corrected chi connectivity index (χ0v) is 15.1. The van der Waals surface area contributed by atoms with Gasteiger partial charge in [-0.05, 0) is 47.0 Å². The second-order valence-corrected chi connectivity index (χ2v) is 6.80. The summed E-state index contributed by atoms with van der Waals surface area (Å²) in [6, 6.07) is 26.0. The van der Waals surface area contributed by atoms with Crippen LogP contribution in [0.3, 0.4) is 0 Å². The molecule has 4 nitrogen and oxygen atoms in total. The highest BCUT2D eigenvalue weighted by Gasteiger charge is 2.05. The van der Waals surface area contributed by atoms with E-state index in [4.69, 9.17) is 0 Å². The van der Waals surface area contributed by atoms with Gasteiger partial charge in [0.05, 0.1) is 29.3 Å². The lowest BCUT2D eigenvalue weighted by Crippen LogP contribution is -2.21. The Morgan fingerprint density at radius 3 is 2.46 bits per heavy atom. The summed E-state index contributed by atoms with van der Waals surface area (Å²) in [4.78, 5) is 21.4. The SMILES string of the molecule is O=c1c2ccccc2ncn1Cc1ccc(-c2ccc3ncccc3c2)cc1. The molecule has 3 aromatic carbocycles. The molecule has 134 valence electrons. The molecule has 0 radical (unpaired) electrons. The maximum absolute atomic E-state index is 12.7. The standard InChI is InChI=1S/C24H17N3O/c28-24-21-5-1-2-6-23(21)26-16-27(24)15-17-7-9-18(10-8-17)19-11-12-22-20(14-19)4-3-13-25-22/h1-14,16H,15H2. The topological polar surface area (TPSA) is 47.8 Å². The van der Waals surface area contributed by atoms with Gasteiger partial charge in [0.25, 0.3) is 5.56 Å². The van der Waals surface area contributed by atoms with Gasteiger partial charge in [-0.15, -0.1) is 0 Å². The Balaban J connectivity index is 1.45. The third-order valence-corrected chi connectivity index (χ3v) is 4.97. The molecule has 0 aliphatic carbocycles. The van der Waals surface area contributed by atoms with Gasteiger partial charge in [-0.3, -0.25) is 14.3 Å². The molecule has 0 aliphatic heterocycles. The summed E-state index contributed by atoms with van der Waals surface area (Å²) in [5.74, 6) is 0. The first-order chi connectivity index (χ1) is 13.8. The fraction of sp³-hybridized carbons (Fsp3) is 0.0417. The van der Waals surface area contributed by atoms with Crippen LogP contribution >= 0.6 is 0 Å². The van der Waals surface area contributed by atoms with Gasteiger partial charge in [-0.25, -0.2) is 4.98 Å². The molecule has 0 unspecified atom stereocenters. The lowest BCUT2D eigenvalue weighted by molar-refractivity contribution is 0.748.